The summed E-state index contributed by atoms with van der Waals surface area (Å²) in [6.45, 7) is 5.15. The normalized spacial score (nSPS) is 22.1. The number of likely N-dealkylation sites (tertiary alicyclic amines) is 1. The van der Waals surface area contributed by atoms with Crippen LogP contribution in [0.3, 0.4) is 0 Å². The lowest BCUT2D eigenvalue weighted by Crippen LogP contribution is -2.41. The Hall–Kier alpha value is -0.770. The van der Waals surface area contributed by atoms with Gasteiger partial charge in [-0.05, 0) is 12.3 Å². The van der Waals surface area contributed by atoms with Gasteiger partial charge in [0, 0.05) is 33.2 Å². The molecule has 2 amide bonds. The van der Waals surface area contributed by atoms with Crippen LogP contribution in [0.4, 0.5) is 4.79 Å². The van der Waals surface area contributed by atoms with Crippen molar-refractivity contribution in [3.63, 3.8) is 0 Å². The first-order chi connectivity index (χ1) is 6.15. The van der Waals surface area contributed by atoms with Crippen LogP contribution < -0.4 is 5.73 Å². The van der Waals surface area contributed by atoms with Crippen LogP contribution >= 0.6 is 0 Å². The van der Waals surface area contributed by atoms with Crippen molar-refractivity contribution in [1.29, 1.82) is 0 Å². The van der Waals surface area contributed by atoms with Crippen LogP contribution in [0.2, 0.25) is 0 Å². The first-order valence-corrected chi connectivity index (χ1v) is 4.85. The summed E-state index contributed by atoms with van der Waals surface area (Å²) in [6, 6.07) is 0.120. The predicted octanol–water partition coefficient (Wildman–Crippen LogP) is 0.339. The fraction of sp³-hybridized carbons (Fsp3) is 0.889. The van der Waals surface area contributed by atoms with E-state index < -0.39 is 0 Å². The summed E-state index contributed by atoms with van der Waals surface area (Å²) in [5.41, 5.74) is 5.38. The van der Waals surface area contributed by atoms with Gasteiger partial charge in [-0.3, -0.25) is 0 Å². The summed E-state index contributed by atoms with van der Waals surface area (Å²) < 4.78 is 0. The van der Waals surface area contributed by atoms with Crippen LogP contribution in [0.25, 0.3) is 0 Å². The van der Waals surface area contributed by atoms with Crippen molar-refractivity contribution in [2.75, 3.05) is 33.2 Å². The molecule has 0 bridgehead atoms. The Morgan fingerprint density at radius 2 is 2.38 bits per heavy atom. The Bertz CT molecular complexity index is 184. The van der Waals surface area contributed by atoms with Gasteiger partial charge in [-0.25, -0.2) is 4.79 Å². The lowest BCUT2D eigenvalue weighted by atomic mass is 10.2. The Kier molecular flexibility index (Phi) is 3.54. The van der Waals surface area contributed by atoms with Gasteiger partial charge in [0.25, 0.3) is 0 Å². The number of carbonyl (C=O) groups is 1. The fourth-order valence-corrected chi connectivity index (χ4v) is 1.64. The smallest absolute Gasteiger partial charge is 0.319 e. The summed E-state index contributed by atoms with van der Waals surface area (Å²) in [5.74, 6) is 0.648. The van der Waals surface area contributed by atoms with Gasteiger partial charge in [0.1, 0.15) is 0 Å². The number of carbonyl (C=O) groups excluding carboxylic acids is 1. The summed E-state index contributed by atoms with van der Waals surface area (Å²) in [5, 5.41) is 0. The SMILES string of the molecule is CC1CCN(C(=O)N(C)CCN)C1. The number of nitrogens with two attached hydrogens (primary N) is 1. The molecule has 0 radical (unpaired) electrons. The zero-order chi connectivity index (χ0) is 9.84. The monoisotopic (exact) mass is 185 g/mol. The third kappa shape index (κ3) is 2.59. The van der Waals surface area contributed by atoms with Crippen LogP contribution in [-0.4, -0.2) is 49.1 Å². The Morgan fingerprint density at radius 1 is 1.69 bits per heavy atom. The van der Waals surface area contributed by atoms with Crippen LogP contribution in [0.1, 0.15) is 13.3 Å². The standard InChI is InChI=1S/C9H19N3O/c1-8-3-5-12(7-8)9(13)11(2)6-4-10/h8H,3-7,10H2,1-2H3. The molecule has 1 atom stereocenters. The van der Waals surface area contributed by atoms with Gasteiger partial charge in [0.05, 0.1) is 0 Å². The molecule has 0 aliphatic carbocycles. The predicted molar refractivity (Wildman–Crippen MR) is 52.4 cm³/mol. The van der Waals surface area contributed by atoms with Crippen molar-refractivity contribution < 1.29 is 4.79 Å². The third-order valence-corrected chi connectivity index (χ3v) is 2.49. The number of hydrogen-bond donors (Lipinski definition) is 1. The van der Waals surface area contributed by atoms with E-state index in [1.807, 2.05) is 4.90 Å². The first-order valence-electron chi connectivity index (χ1n) is 4.85. The zero-order valence-corrected chi connectivity index (χ0v) is 8.49. The minimum Gasteiger partial charge on any atom is -0.329 e. The third-order valence-electron chi connectivity index (χ3n) is 2.49. The maximum absolute atomic E-state index is 11.7. The summed E-state index contributed by atoms with van der Waals surface area (Å²) in [4.78, 5) is 15.3. The molecule has 1 heterocycles. The summed E-state index contributed by atoms with van der Waals surface area (Å²) in [7, 11) is 1.80. The van der Waals surface area contributed by atoms with Gasteiger partial charge in [-0.2, -0.15) is 0 Å². The van der Waals surface area contributed by atoms with Crippen molar-refractivity contribution in [3.05, 3.63) is 0 Å². The van der Waals surface area contributed by atoms with E-state index >= 15 is 0 Å². The molecule has 1 rings (SSSR count). The van der Waals surface area contributed by atoms with E-state index in [0.717, 1.165) is 19.5 Å². The molecule has 2 N–H and O–H groups in total. The lowest BCUT2D eigenvalue weighted by Gasteiger charge is -2.23. The molecule has 1 aliphatic rings. The molecule has 1 unspecified atom stereocenters. The van der Waals surface area contributed by atoms with Gasteiger partial charge in [-0.1, -0.05) is 6.92 Å². The Balaban J connectivity index is 2.38. The van der Waals surface area contributed by atoms with E-state index in [4.69, 9.17) is 5.73 Å². The molecule has 4 heteroatoms. The topological polar surface area (TPSA) is 49.6 Å². The second-order valence-electron chi connectivity index (χ2n) is 3.83. The van der Waals surface area contributed by atoms with Crippen LogP contribution in [0.5, 0.6) is 0 Å². The molecular formula is C9H19N3O. The van der Waals surface area contributed by atoms with E-state index in [1.54, 1.807) is 11.9 Å². The molecule has 0 saturated carbocycles. The Labute approximate surface area is 79.7 Å². The van der Waals surface area contributed by atoms with Crippen molar-refractivity contribution in [1.82, 2.24) is 9.80 Å². The quantitative estimate of drug-likeness (QED) is 0.674. The number of nitrogens with zero attached hydrogens (tertiary/aromatic N) is 2. The minimum absolute atomic E-state index is 0.120. The van der Waals surface area contributed by atoms with Gasteiger partial charge in [0.2, 0.25) is 0 Å². The van der Waals surface area contributed by atoms with E-state index in [9.17, 15) is 4.79 Å². The average Bonchev–Trinajstić information content (AvgIpc) is 2.51. The molecule has 0 spiro atoms. The van der Waals surface area contributed by atoms with Crippen molar-refractivity contribution in [2.45, 2.75) is 13.3 Å². The van der Waals surface area contributed by atoms with E-state index in [-0.39, 0.29) is 6.03 Å². The second-order valence-corrected chi connectivity index (χ2v) is 3.83. The molecule has 0 aromatic carbocycles. The largest absolute Gasteiger partial charge is 0.329 e. The van der Waals surface area contributed by atoms with E-state index in [1.165, 1.54) is 0 Å². The maximum atomic E-state index is 11.7. The molecule has 0 aromatic heterocycles. The molecule has 0 aromatic rings. The maximum Gasteiger partial charge on any atom is 0.319 e. The van der Waals surface area contributed by atoms with Crippen LogP contribution in [0, 0.1) is 5.92 Å². The Morgan fingerprint density at radius 3 is 2.85 bits per heavy atom. The number of likely N-dealkylation sites (N-methyl/N-ethyl adjacent to an activating group) is 1. The average molecular weight is 185 g/mol. The highest BCUT2D eigenvalue weighted by Gasteiger charge is 2.24. The van der Waals surface area contributed by atoms with Gasteiger partial charge in [0.15, 0.2) is 0 Å². The minimum atomic E-state index is 0.120. The van der Waals surface area contributed by atoms with Crippen molar-refractivity contribution in [3.8, 4) is 0 Å². The summed E-state index contributed by atoms with van der Waals surface area (Å²) >= 11 is 0. The van der Waals surface area contributed by atoms with Crippen molar-refractivity contribution >= 4 is 6.03 Å². The van der Waals surface area contributed by atoms with Gasteiger partial charge < -0.3 is 15.5 Å². The first kappa shape index (κ1) is 10.3. The van der Waals surface area contributed by atoms with Crippen molar-refractivity contribution in [2.24, 2.45) is 11.7 Å². The van der Waals surface area contributed by atoms with E-state index in [0.29, 0.717) is 19.0 Å². The second kappa shape index (κ2) is 4.46. The summed E-state index contributed by atoms with van der Waals surface area (Å²) in [6.07, 6.45) is 1.13. The van der Waals surface area contributed by atoms with Crippen LogP contribution in [0.15, 0.2) is 0 Å². The molecule has 1 saturated heterocycles. The number of amides is 2. The highest BCUT2D eigenvalue weighted by atomic mass is 16.2. The lowest BCUT2D eigenvalue weighted by molar-refractivity contribution is 0.173. The molecular weight excluding hydrogens is 166 g/mol. The molecule has 13 heavy (non-hydrogen) atoms. The van der Waals surface area contributed by atoms with Gasteiger partial charge >= 0.3 is 6.03 Å². The van der Waals surface area contributed by atoms with E-state index in [2.05, 4.69) is 6.92 Å². The highest BCUT2D eigenvalue weighted by molar-refractivity contribution is 5.74. The highest BCUT2D eigenvalue weighted by Crippen LogP contribution is 2.15. The molecule has 1 aliphatic heterocycles. The zero-order valence-electron chi connectivity index (χ0n) is 8.49. The fourth-order valence-electron chi connectivity index (χ4n) is 1.64. The number of rotatable bonds is 2. The van der Waals surface area contributed by atoms with Crippen LogP contribution in [-0.2, 0) is 0 Å². The molecule has 1 fully saturated rings. The number of urea groups is 1. The van der Waals surface area contributed by atoms with Gasteiger partial charge in [-0.15, -0.1) is 0 Å². The number of hydrogen-bond acceptors (Lipinski definition) is 2. The molecule has 4 nitrogen and oxygen atoms in total. The molecule has 76 valence electrons.